The van der Waals surface area contributed by atoms with Crippen LogP contribution >= 0.6 is 11.3 Å². The van der Waals surface area contributed by atoms with E-state index in [4.69, 9.17) is 5.73 Å². The molecule has 3 N–H and O–H groups in total. The van der Waals surface area contributed by atoms with Crippen molar-refractivity contribution in [2.75, 3.05) is 0 Å². The van der Waals surface area contributed by atoms with Crippen molar-refractivity contribution in [3.8, 4) is 0 Å². The summed E-state index contributed by atoms with van der Waals surface area (Å²) >= 11 is 1.74. The Morgan fingerprint density at radius 2 is 2.31 bits per heavy atom. The third kappa shape index (κ3) is 2.44. The molecule has 1 saturated carbocycles. The van der Waals surface area contributed by atoms with Gasteiger partial charge in [0.1, 0.15) is 0 Å². The second-order valence-corrected chi connectivity index (χ2v) is 5.94. The van der Waals surface area contributed by atoms with Crippen LogP contribution in [-0.2, 0) is 4.79 Å². The predicted octanol–water partition coefficient (Wildman–Crippen LogP) is 2.05. The minimum Gasteiger partial charge on any atom is -0.368 e. The number of amides is 1. The van der Waals surface area contributed by atoms with Crippen molar-refractivity contribution in [2.24, 2.45) is 11.7 Å². The van der Waals surface area contributed by atoms with Gasteiger partial charge in [-0.2, -0.15) is 0 Å². The molecule has 0 aromatic carbocycles. The van der Waals surface area contributed by atoms with E-state index >= 15 is 0 Å². The molecule has 4 heteroatoms. The number of carbonyl (C=O) groups excluding carboxylic acids is 1. The van der Waals surface area contributed by atoms with E-state index in [0.29, 0.717) is 5.92 Å². The molecule has 0 saturated heterocycles. The monoisotopic (exact) mass is 238 g/mol. The highest BCUT2D eigenvalue weighted by Gasteiger charge is 2.37. The molecule has 1 amide bonds. The number of rotatable bonds is 5. The lowest BCUT2D eigenvalue weighted by molar-refractivity contribution is -0.123. The predicted molar refractivity (Wildman–Crippen MR) is 66.2 cm³/mol. The van der Waals surface area contributed by atoms with Gasteiger partial charge in [-0.15, -0.1) is 11.3 Å². The average molecular weight is 238 g/mol. The van der Waals surface area contributed by atoms with Crippen molar-refractivity contribution in [1.29, 1.82) is 0 Å². The molecule has 1 aliphatic carbocycles. The van der Waals surface area contributed by atoms with Crippen LogP contribution in [0.2, 0.25) is 0 Å². The Balaban J connectivity index is 2.12. The number of primary amides is 1. The highest BCUT2D eigenvalue weighted by atomic mass is 32.1. The molecule has 1 heterocycles. The first kappa shape index (κ1) is 11.6. The normalized spacial score (nSPS) is 18.4. The average Bonchev–Trinajstić information content (AvgIpc) is 2.90. The fourth-order valence-corrected chi connectivity index (χ4v) is 2.65. The summed E-state index contributed by atoms with van der Waals surface area (Å²) in [4.78, 5) is 12.6. The zero-order valence-electron chi connectivity index (χ0n) is 9.69. The highest BCUT2D eigenvalue weighted by molar-refractivity contribution is 7.10. The number of hydrogen-bond donors (Lipinski definition) is 2. The number of thiophene rings is 1. The van der Waals surface area contributed by atoms with Crippen molar-refractivity contribution in [1.82, 2.24) is 5.32 Å². The van der Waals surface area contributed by atoms with E-state index in [9.17, 15) is 4.79 Å². The maximum Gasteiger partial charge on any atom is 0.237 e. The van der Waals surface area contributed by atoms with E-state index < -0.39 is 5.54 Å². The zero-order valence-corrected chi connectivity index (χ0v) is 10.5. The highest BCUT2D eigenvalue weighted by Crippen LogP contribution is 2.43. The van der Waals surface area contributed by atoms with Gasteiger partial charge in [0.15, 0.2) is 0 Å². The SMILES string of the molecule is CC(C)(NC(c1cccs1)C1CC1)C(N)=O. The third-order valence-corrected chi connectivity index (χ3v) is 4.03. The first-order valence-corrected chi connectivity index (χ1v) is 6.49. The quantitative estimate of drug-likeness (QED) is 0.825. The summed E-state index contributed by atoms with van der Waals surface area (Å²) in [5, 5.41) is 5.47. The number of hydrogen-bond acceptors (Lipinski definition) is 3. The Hall–Kier alpha value is -0.870. The van der Waals surface area contributed by atoms with Crippen LogP contribution in [-0.4, -0.2) is 11.4 Å². The number of carbonyl (C=O) groups is 1. The van der Waals surface area contributed by atoms with Crippen LogP contribution in [0.15, 0.2) is 17.5 Å². The molecule has 3 nitrogen and oxygen atoms in total. The van der Waals surface area contributed by atoms with Crippen molar-refractivity contribution in [2.45, 2.75) is 38.3 Å². The molecule has 1 fully saturated rings. The number of nitrogens with one attached hydrogen (secondary N) is 1. The summed E-state index contributed by atoms with van der Waals surface area (Å²) in [5.41, 5.74) is 4.75. The van der Waals surface area contributed by atoms with Crippen LogP contribution in [0.1, 0.15) is 37.6 Å². The molecule has 1 aliphatic rings. The standard InChI is InChI=1S/C12H18N2OS/c1-12(2,11(13)15)14-10(8-5-6-8)9-4-3-7-16-9/h3-4,7-8,10,14H,5-6H2,1-2H3,(H2,13,15). The van der Waals surface area contributed by atoms with Gasteiger partial charge in [0, 0.05) is 10.9 Å². The molecule has 0 spiro atoms. The van der Waals surface area contributed by atoms with E-state index in [1.54, 1.807) is 11.3 Å². The van der Waals surface area contributed by atoms with E-state index in [2.05, 4.69) is 16.8 Å². The summed E-state index contributed by atoms with van der Waals surface area (Å²) in [6.07, 6.45) is 2.48. The van der Waals surface area contributed by atoms with Crippen LogP contribution in [0.3, 0.4) is 0 Å². The lowest BCUT2D eigenvalue weighted by Gasteiger charge is -2.28. The van der Waals surface area contributed by atoms with Crippen LogP contribution in [0.25, 0.3) is 0 Å². The van der Waals surface area contributed by atoms with Crippen LogP contribution in [0, 0.1) is 5.92 Å². The molecule has 1 aromatic rings. The molecular formula is C12H18N2OS. The fourth-order valence-electron chi connectivity index (χ4n) is 1.78. The second kappa shape index (κ2) is 4.18. The summed E-state index contributed by atoms with van der Waals surface area (Å²) < 4.78 is 0. The number of nitrogens with two attached hydrogens (primary N) is 1. The molecule has 2 rings (SSSR count). The summed E-state index contributed by atoms with van der Waals surface area (Å²) in [6, 6.07) is 4.45. The first-order chi connectivity index (χ1) is 7.50. The van der Waals surface area contributed by atoms with Gasteiger partial charge >= 0.3 is 0 Å². The van der Waals surface area contributed by atoms with Crippen molar-refractivity contribution < 1.29 is 4.79 Å². The van der Waals surface area contributed by atoms with Gasteiger partial charge < -0.3 is 5.73 Å². The molecule has 16 heavy (non-hydrogen) atoms. The first-order valence-electron chi connectivity index (χ1n) is 5.62. The second-order valence-electron chi connectivity index (χ2n) is 4.96. The minimum absolute atomic E-state index is 0.280. The van der Waals surface area contributed by atoms with Gasteiger partial charge in [0.25, 0.3) is 0 Å². The fraction of sp³-hybridized carbons (Fsp3) is 0.583. The Kier molecular flexibility index (Phi) is 3.04. The summed E-state index contributed by atoms with van der Waals surface area (Å²) in [7, 11) is 0. The zero-order chi connectivity index (χ0) is 11.8. The molecule has 0 radical (unpaired) electrons. The van der Waals surface area contributed by atoms with Gasteiger partial charge in [-0.25, -0.2) is 0 Å². The van der Waals surface area contributed by atoms with Gasteiger partial charge in [0.2, 0.25) is 5.91 Å². The lowest BCUT2D eigenvalue weighted by Crippen LogP contribution is -2.52. The van der Waals surface area contributed by atoms with Crippen molar-refractivity contribution in [3.63, 3.8) is 0 Å². The maximum absolute atomic E-state index is 11.3. The van der Waals surface area contributed by atoms with Crippen molar-refractivity contribution in [3.05, 3.63) is 22.4 Å². The minimum atomic E-state index is -0.642. The molecular weight excluding hydrogens is 220 g/mol. The molecule has 1 aromatic heterocycles. The Morgan fingerprint density at radius 1 is 1.62 bits per heavy atom. The van der Waals surface area contributed by atoms with Crippen LogP contribution < -0.4 is 11.1 Å². The Morgan fingerprint density at radius 3 is 2.75 bits per heavy atom. The molecule has 1 unspecified atom stereocenters. The van der Waals surface area contributed by atoms with Crippen LogP contribution in [0.4, 0.5) is 0 Å². The molecule has 1 atom stereocenters. The van der Waals surface area contributed by atoms with Gasteiger partial charge in [-0.1, -0.05) is 6.07 Å². The van der Waals surface area contributed by atoms with E-state index in [-0.39, 0.29) is 11.9 Å². The maximum atomic E-state index is 11.3. The van der Waals surface area contributed by atoms with E-state index in [1.165, 1.54) is 17.7 Å². The molecule has 88 valence electrons. The Bertz CT molecular complexity index is 368. The summed E-state index contributed by atoms with van der Waals surface area (Å²) in [5.74, 6) is 0.368. The lowest BCUT2D eigenvalue weighted by atomic mass is 10.0. The molecule has 0 aliphatic heterocycles. The van der Waals surface area contributed by atoms with Gasteiger partial charge in [-0.3, -0.25) is 10.1 Å². The Labute approximate surface area is 100 Å². The van der Waals surface area contributed by atoms with E-state index in [1.807, 2.05) is 19.9 Å². The summed E-state index contributed by atoms with van der Waals surface area (Å²) in [6.45, 7) is 3.69. The van der Waals surface area contributed by atoms with Gasteiger partial charge in [-0.05, 0) is 44.1 Å². The van der Waals surface area contributed by atoms with Crippen molar-refractivity contribution >= 4 is 17.2 Å². The van der Waals surface area contributed by atoms with Gasteiger partial charge in [0.05, 0.1) is 5.54 Å². The third-order valence-electron chi connectivity index (χ3n) is 3.08. The largest absolute Gasteiger partial charge is 0.368 e. The van der Waals surface area contributed by atoms with Crippen LogP contribution in [0.5, 0.6) is 0 Å². The van der Waals surface area contributed by atoms with E-state index in [0.717, 1.165) is 0 Å². The molecule has 0 bridgehead atoms. The smallest absolute Gasteiger partial charge is 0.237 e. The topological polar surface area (TPSA) is 55.1 Å².